The minimum absolute atomic E-state index is 0.0118. The molecule has 3 amide bonds. The zero-order valence-electron chi connectivity index (χ0n) is 23.2. The Bertz CT molecular complexity index is 1580. The average molecular weight is 568 g/mol. The van der Waals surface area contributed by atoms with Crippen molar-refractivity contribution >= 4 is 34.5 Å². The van der Waals surface area contributed by atoms with Crippen molar-refractivity contribution < 1.29 is 23.9 Å². The van der Waals surface area contributed by atoms with Crippen molar-refractivity contribution in [2.75, 3.05) is 6.61 Å². The van der Waals surface area contributed by atoms with E-state index in [1.54, 1.807) is 31.5 Å². The average Bonchev–Trinajstić information content (AvgIpc) is 3.49. The number of aromatic nitrogens is 2. The normalized spacial score (nSPS) is 12.5. The lowest BCUT2D eigenvalue weighted by Gasteiger charge is -2.22. The van der Waals surface area contributed by atoms with Gasteiger partial charge < -0.3 is 26.1 Å². The zero-order valence-corrected chi connectivity index (χ0v) is 23.2. The van der Waals surface area contributed by atoms with E-state index in [1.807, 2.05) is 54.6 Å². The van der Waals surface area contributed by atoms with E-state index in [1.165, 1.54) is 12.2 Å². The zero-order chi connectivity index (χ0) is 29.9. The third-order valence-electron chi connectivity index (χ3n) is 6.57. The quantitative estimate of drug-likeness (QED) is 0.143. The van der Waals surface area contributed by atoms with Crippen molar-refractivity contribution in [1.29, 1.82) is 0 Å². The molecule has 0 fully saturated rings. The molecule has 5 N–H and O–H groups in total. The molecule has 10 heteroatoms. The van der Waals surface area contributed by atoms with Crippen LogP contribution in [0.1, 0.15) is 35.8 Å². The minimum Gasteiger partial charge on any atom is -0.463 e. The van der Waals surface area contributed by atoms with Crippen LogP contribution < -0.4 is 16.4 Å². The van der Waals surface area contributed by atoms with Gasteiger partial charge in [-0.3, -0.25) is 19.4 Å². The summed E-state index contributed by atoms with van der Waals surface area (Å²) in [5.74, 6) is -2.08. The third kappa shape index (κ3) is 8.14. The second kappa shape index (κ2) is 14.4. The molecule has 42 heavy (non-hydrogen) atoms. The highest BCUT2D eigenvalue weighted by molar-refractivity contribution is 5.99. The van der Waals surface area contributed by atoms with Gasteiger partial charge in [0.15, 0.2) is 0 Å². The number of amides is 3. The molecule has 0 bridgehead atoms. The number of H-pyrrole nitrogens is 1. The van der Waals surface area contributed by atoms with E-state index >= 15 is 0 Å². The van der Waals surface area contributed by atoms with Gasteiger partial charge in [-0.25, -0.2) is 4.79 Å². The summed E-state index contributed by atoms with van der Waals surface area (Å²) < 4.78 is 4.91. The van der Waals surface area contributed by atoms with Gasteiger partial charge in [0.2, 0.25) is 11.8 Å². The van der Waals surface area contributed by atoms with Gasteiger partial charge in [0.25, 0.3) is 5.91 Å². The number of nitrogens with one attached hydrogen (secondary N) is 3. The fourth-order valence-electron chi connectivity index (χ4n) is 4.49. The standard InChI is InChI=1S/C32H33N5O5/c1-2-42-30(39)17-13-23(12-16-29(33)38)35-32(41)28(18-21-8-4-3-5-9-21)37-31(40)27-15-14-26(36-27)25-20-34-19-22-10-6-7-11-24(22)25/h3-11,13-15,17,19-20,23,28,36H,2,12,16,18H2,1H3,(H2,33,38)(H,35,41)(H,37,40)/b17-13+. The van der Waals surface area contributed by atoms with E-state index in [-0.39, 0.29) is 31.6 Å². The molecule has 2 atom stereocenters. The van der Waals surface area contributed by atoms with E-state index in [9.17, 15) is 19.2 Å². The number of nitrogens with zero attached hydrogens (tertiary/aromatic N) is 1. The molecule has 4 rings (SSSR count). The number of hydrogen-bond acceptors (Lipinski definition) is 6. The smallest absolute Gasteiger partial charge is 0.330 e. The molecule has 0 aliphatic carbocycles. The summed E-state index contributed by atoms with van der Waals surface area (Å²) in [5.41, 5.74) is 7.98. The molecule has 0 saturated heterocycles. The van der Waals surface area contributed by atoms with Crippen molar-refractivity contribution in [3.8, 4) is 11.3 Å². The van der Waals surface area contributed by atoms with Crippen LogP contribution in [-0.4, -0.2) is 52.3 Å². The summed E-state index contributed by atoms with van der Waals surface area (Å²) >= 11 is 0. The van der Waals surface area contributed by atoms with Gasteiger partial charge in [0, 0.05) is 54.0 Å². The van der Waals surface area contributed by atoms with Crippen LogP contribution in [0.5, 0.6) is 0 Å². The number of benzene rings is 2. The Hall–Kier alpha value is -5.25. The fourth-order valence-corrected chi connectivity index (χ4v) is 4.49. The van der Waals surface area contributed by atoms with Crippen LogP contribution in [0, 0.1) is 0 Å². The van der Waals surface area contributed by atoms with Crippen molar-refractivity contribution in [3.63, 3.8) is 0 Å². The maximum absolute atomic E-state index is 13.5. The molecule has 0 spiro atoms. The molecular weight excluding hydrogens is 534 g/mol. The number of carbonyl (C=O) groups is 4. The van der Waals surface area contributed by atoms with Gasteiger partial charge in [-0.15, -0.1) is 0 Å². The van der Waals surface area contributed by atoms with E-state index in [4.69, 9.17) is 10.5 Å². The SMILES string of the molecule is CCOC(=O)/C=C/C(CCC(N)=O)NC(=O)C(Cc1ccccc1)NC(=O)c1ccc(-c2cncc3ccccc23)[nH]1. The Morgan fingerprint density at radius 3 is 2.50 bits per heavy atom. The van der Waals surface area contributed by atoms with E-state index in [2.05, 4.69) is 20.6 Å². The molecule has 2 heterocycles. The number of rotatable bonds is 13. The summed E-state index contributed by atoms with van der Waals surface area (Å²) in [6.45, 7) is 1.88. The molecule has 2 aromatic carbocycles. The first kappa shape index (κ1) is 29.7. The highest BCUT2D eigenvalue weighted by Gasteiger charge is 2.25. The molecule has 2 aromatic heterocycles. The number of hydrogen-bond donors (Lipinski definition) is 4. The van der Waals surface area contributed by atoms with Gasteiger partial charge in [-0.05, 0) is 36.4 Å². The van der Waals surface area contributed by atoms with Crippen molar-refractivity contribution in [1.82, 2.24) is 20.6 Å². The van der Waals surface area contributed by atoms with Gasteiger partial charge in [0.05, 0.1) is 6.61 Å². The third-order valence-corrected chi connectivity index (χ3v) is 6.57. The number of nitrogens with two attached hydrogens (primary N) is 1. The predicted octanol–water partition coefficient (Wildman–Crippen LogP) is 3.44. The monoisotopic (exact) mass is 567 g/mol. The molecule has 2 unspecified atom stereocenters. The number of aromatic amines is 1. The Morgan fingerprint density at radius 1 is 0.976 bits per heavy atom. The number of carbonyl (C=O) groups excluding carboxylic acids is 4. The van der Waals surface area contributed by atoms with Crippen molar-refractivity contribution in [2.24, 2.45) is 5.73 Å². The number of fused-ring (bicyclic) bond motifs is 1. The summed E-state index contributed by atoms with van der Waals surface area (Å²) in [5, 5.41) is 7.61. The Balaban J connectivity index is 1.54. The fraction of sp³-hybridized carbons (Fsp3) is 0.219. The van der Waals surface area contributed by atoms with Crippen LogP contribution in [0.25, 0.3) is 22.0 Å². The predicted molar refractivity (Wildman–Crippen MR) is 159 cm³/mol. The van der Waals surface area contributed by atoms with Crippen LogP contribution in [-0.2, 0) is 25.5 Å². The van der Waals surface area contributed by atoms with Gasteiger partial charge in [-0.1, -0.05) is 60.7 Å². The summed E-state index contributed by atoms with van der Waals surface area (Å²) in [7, 11) is 0. The largest absolute Gasteiger partial charge is 0.463 e. The van der Waals surface area contributed by atoms with Gasteiger partial charge in [-0.2, -0.15) is 0 Å². The molecule has 10 nitrogen and oxygen atoms in total. The highest BCUT2D eigenvalue weighted by atomic mass is 16.5. The first-order valence-electron chi connectivity index (χ1n) is 13.6. The molecule has 0 saturated carbocycles. The molecule has 0 aliphatic heterocycles. The van der Waals surface area contributed by atoms with E-state index in [0.717, 1.165) is 21.9 Å². The van der Waals surface area contributed by atoms with Crippen molar-refractivity contribution in [3.05, 3.63) is 103 Å². The van der Waals surface area contributed by atoms with Gasteiger partial charge >= 0.3 is 5.97 Å². The van der Waals surface area contributed by atoms with E-state index in [0.29, 0.717) is 5.69 Å². The van der Waals surface area contributed by atoms with Crippen LogP contribution in [0.4, 0.5) is 0 Å². The van der Waals surface area contributed by atoms with Gasteiger partial charge in [0.1, 0.15) is 11.7 Å². The number of esters is 1. The van der Waals surface area contributed by atoms with Crippen LogP contribution in [0.3, 0.4) is 0 Å². The maximum atomic E-state index is 13.5. The first-order valence-corrected chi connectivity index (χ1v) is 13.6. The lowest BCUT2D eigenvalue weighted by Crippen LogP contribution is -2.50. The van der Waals surface area contributed by atoms with Crippen LogP contribution in [0.2, 0.25) is 0 Å². The first-order chi connectivity index (χ1) is 20.3. The molecule has 4 aromatic rings. The molecule has 0 radical (unpaired) electrons. The van der Waals surface area contributed by atoms with E-state index < -0.39 is 35.8 Å². The minimum atomic E-state index is -0.960. The number of ether oxygens (including phenoxy) is 1. The van der Waals surface area contributed by atoms with Crippen LogP contribution in [0.15, 0.2) is 91.3 Å². The second-order valence-electron chi connectivity index (χ2n) is 9.64. The molecule has 216 valence electrons. The van der Waals surface area contributed by atoms with Crippen LogP contribution >= 0.6 is 0 Å². The maximum Gasteiger partial charge on any atom is 0.330 e. The molecular formula is C32H33N5O5. The summed E-state index contributed by atoms with van der Waals surface area (Å²) in [6, 6.07) is 18.9. The lowest BCUT2D eigenvalue weighted by atomic mass is 10.0. The number of pyridine rings is 1. The lowest BCUT2D eigenvalue weighted by molar-refractivity contribution is -0.137. The Morgan fingerprint density at radius 2 is 1.74 bits per heavy atom. The molecule has 0 aliphatic rings. The summed E-state index contributed by atoms with van der Waals surface area (Å²) in [6.07, 6.45) is 6.53. The Labute approximate surface area is 243 Å². The van der Waals surface area contributed by atoms with Crippen molar-refractivity contribution in [2.45, 2.75) is 38.3 Å². The number of primary amides is 1. The highest BCUT2D eigenvalue weighted by Crippen LogP contribution is 2.27. The topological polar surface area (TPSA) is 156 Å². The summed E-state index contributed by atoms with van der Waals surface area (Å²) in [4.78, 5) is 57.6. The second-order valence-corrected chi connectivity index (χ2v) is 9.64. The Kier molecular flexibility index (Phi) is 10.2.